The molecule has 4 heteroatoms. The minimum atomic E-state index is -0.727. The standard InChI is InChI=1S/C17H20O3S/c18-17(19)16(21-15-10-4-2-5-11-15)12-6-1-3-8-14-9-7-13-20-14/h2,4-5,7,9-11,13,16H,1,3,6,8,12H2,(H,18,19). The predicted octanol–water partition coefficient (Wildman–Crippen LogP) is 4.63. The van der Waals surface area contributed by atoms with Gasteiger partial charge in [0.25, 0.3) is 0 Å². The number of hydrogen-bond acceptors (Lipinski definition) is 3. The lowest BCUT2D eigenvalue weighted by atomic mass is 10.1. The van der Waals surface area contributed by atoms with Crippen LogP contribution in [0, 0.1) is 0 Å². The molecule has 3 nitrogen and oxygen atoms in total. The van der Waals surface area contributed by atoms with Crippen molar-refractivity contribution in [1.29, 1.82) is 0 Å². The van der Waals surface area contributed by atoms with Gasteiger partial charge in [-0.3, -0.25) is 4.79 Å². The summed E-state index contributed by atoms with van der Waals surface area (Å²) in [5.74, 6) is 0.276. The first-order valence-corrected chi connectivity index (χ1v) is 8.10. The summed E-state index contributed by atoms with van der Waals surface area (Å²) in [5.41, 5.74) is 0. The van der Waals surface area contributed by atoms with E-state index in [1.165, 1.54) is 11.8 Å². The van der Waals surface area contributed by atoms with Crippen LogP contribution >= 0.6 is 11.8 Å². The number of carboxylic acid groups (broad SMARTS) is 1. The maximum Gasteiger partial charge on any atom is 0.316 e. The summed E-state index contributed by atoms with van der Waals surface area (Å²) >= 11 is 1.43. The largest absolute Gasteiger partial charge is 0.480 e. The van der Waals surface area contributed by atoms with E-state index in [9.17, 15) is 9.90 Å². The molecule has 1 N–H and O–H groups in total. The van der Waals surface area contributed by atoms with Gasteiger partial charge in [0.05, 0.1) is 6.26 Å². The topological polar surface area (TPSA) is 50.4 Å². The predicted molar refractivity (Wildman–Crippen MR) is 84.6 cm³/mol. The Morgan fingerprint density at radius 3 is 2.57 bits per heavy atom. The number of benzene rings is 1. The number of rotatable bonds is 9. The Kier molecular flexibility index (Phi) is 6.41. The molecule has 0 saturated carbocycles. The fourth-order valence-corrected chi connectivity index (χ4v) is 3.18. The summed E-state index contributed by atoms with van der Waals surface area (Å²) in [6.45, 7) is 0. The number of thioether (sulfide) groups is 1. The van der Waals surface area contributed by atoms with Crippen molar-refractivity contribution in [2.75, 3.05) is 0 Å². The van der Waals surface area contributed by atoms with E-state index >= 15 is 0 Å². The average Bonchev–Trinajstić information content (AvgIpc) is 3.00. The molecule has 21 heavy (non-hydrogen) atoms. The number of hydrogen-bond donors (Lipinski definition) is 1. The molecule has 0 radical (unpaired) electrons. The molecule has 1 heterocycles. The highest BCUT2D eigenvalue weighted by molar-refractivity contribution is 8.00. The van der Waals surface area contributed by atoms with Crippen LogP contribution in [0.15, 0.2) is 58.0 Å². The lowest BCUT2D eigenvalue weighted by Gasteiger charge is -2.11. The SMILES string of the molecule is O=C(O)C(CCCCCc1ccco1)Sc1ccccc1. The molecule has 0 fully saturated rings. The van der Waals surface area contributed by atoms with Gasteiger partial charge >= 0.3 is 5.97 Å². The molecular formula is C17H20O3S. The van der Waals surface area contributed by atoms with Crippen molar-refractivity contribution < 1.29 is 14.3 Å². The van der Waals surface area contributed by atoms with Crippen molar-refractivity contribution >= 4 is 17.7 Å². The van der Waals surface area contributed by atoms with Gasteiger partial charge in [0, 0.05) is 11.3 Å². The summed E-state index contributed by atoms with van der Waals surface area (Å²) in [7, 11) is 0. The highest BCUT2D eigenvalue weighted by atomic mass is 32.2. The highest BCUT2D eigenvalue weighted by Crippen LogP contribution is 2.27. The van der Waals surface area contributed by atoms with Crippen molar-refractivity contribution in [2.45, 2.75) is 42.2 Å². The zero-order valence-corrected chi connectivity index (χ0v) is 12.7. The zero-order valence-electron chi connectivity index (χ0n) is 11.9. The van der Waals surface area contributed by atoms with E-state index in [-0.39, 0.29) is 5.25 Å². The molecule has 1 unspecified atom stereocenters. The number of carboxylic acids is 1. The second-order valence-corrected chi connectivity index (χ2v) is 6.21. The second-order valence-electron chi connectivity index (χ2n) is 4.94. The lowest BCUT2D eigenvalue weighted by molar-refractivity contribution is -0.136. The Morgan fingerprint density at radius 2 is 1.90 bits per heavy atom. The maximum atomic E-state index is 11.3. The molecule has 0 aliphatic rings. The maximum absolute atomic E-state index is 11.3. The summed E-state index contributed by atoms with van der Waals surface area (Å²) in [6.07, 6.45) is 6.31. The molecule has 2 aromatic rings. The third kappa shape index (κ3) is 5.68. The van der Waals surface area contributed by atoms with Crippen LogP contribution in [0.4, 0.5) is 0 Å². The molecule has 0 spiro atoms. The molecular weight excluding hydrogens is 284 g/mol. The average molecular weight is 304 g/mol. The Bertz CT molecular complexity index is 522. The van der Waals surface area contributed by atoms with Gasteiger partial charge in [0.2, 0.25) is 0 Å². The third-order valence-corrected chi connectivity index (χ3v) is 4.53. The van der Waals surface area contributed by atoms with Crippen molar-refractivity contribution in [3.63, 3.8) is 0 Å². The van der Waals surface area contributed by atoms with Gasteiger partial charge in [0.15, 0.2) is 0 Å². The minimum absolute atomic E-state index is 0.365. The van der Waals surface area contributed by atoms with E-state index < -0.39 is 5.97 Å². The number of unbranched alkanes of at least 4 members (excludes halogenated alkanes) is 2. The Hall–Kier alpha value is -1.68. The Labute approximate surface area is 129 Å². The fourth-order valence-electron chi connectivity index (χ4n) is 2.16. The van der Waals surface area contributed by atoms with Crippen LogP contribution in [-0.2, 0) is 11.2 Å². The van der Waals surface area contributed by atoms with E-state index in [1.807, 2.05) is 42.5 Å². The first-order chi connectivity index (χ1) is 10.3. The lowest BCUT2D eigenvalue weighted by Crippen LogP contribution is -2.16. The zero-order chi connectivity index (χ0) is 14.9. The number of aliphatic carboxylic acids is 1. The van der Waals surface area contributed by atoms with Gasteiger partial charge in [-0.15, -0.1) is 11.8 Å². The van der Waals surface area contributed by atoms with E-state index in [4.69, 9.17) is 4.42 Å². The summed E-state index contributed by atoms with van der Waals surface area (Å²) in [5, 5.41) is 8.94. The summed E-state index contributed by atoms with van der Waals surface area (Å²) in [4.78, 5) is 12.3. The van der Waals surface area contributed by atoms with E-state index in [1.54, 1.807) is 6.26 Å². The van der Waals surface area contributed by atoms with Crippen molar-refractivity contribution in [1.82, 2.24) is 0 Å². The molecule has 1 aromatic heterocycles. The van der Waals surface area contributed by atoms with E-state index in [0.29, 0.717) is 6.42 Å². The smallest absolute Gasteiger partial charge is 0.316 e. The molecule has 0 aliphatic heterocycles. The molecule has 0 amide bonds. The Balaban J connectivity index is 1.69. The first-order valence-electron chi connectivity index (χ1n) is 7.22. The van der Waals surface area contributed by atoms with Gasteiger partial charge in [0.1, 0.15) is 11.0 Å². The fraction of sp³-hybridized carbons (Fsp3) is 0.353. The summed E-state index contributed by atoms with van der Waals surface area (Å²) in [6, 6.07) is 13.6. The second kappa shape index (κ2) is 8.57. The number of carbonyl (C=O) groups is 1. The monoisotopic (exact) mass is 304 g/mol. The van der Waals surface area contributed by atoms with Gasteiger partial charge in [-0.1, -0.05) is 31.0 Å². The van der Waals surface area contributed by atoms with Gasteiger partial charge < -0.3 is 9.52 Å². The van der Waals surface area contributed by atoms with E-state index in [2.05, 4.69) is 0 Å². The van der Waals surface area contributed by atoms with Crippen LogP contribution in [0.5, 0.6) is 0 Å². The van der Waals surface area contributed by atoms with E-state index in [0.717, 1.165) is 36.3 Å². The van der Waals surface area contributed by atoms with Crippen LogP contribution in [0.2, 0.25) is 0 Å². The number of furan rings is 1. The van der Waals surface area contributed by atoms with Gasteiger partial charge in [-0.2, -0.15) is 0 Å². The quantitative estimate of drug-likeness (QED) is 0.542. The minimum Gasteiger partial charge on any atom is -0.480 e. The van der Waals surface area contributed by atoms with Crippen LogP contribution in [-0.4, -0.2) is 16.3 Å². The van der Waals surface area contributed by atoms with Crippen molar-refractivity contribution in [3.8, 4) is 0 Å². The first kappa shape index (κ1) is 15.7. The highest BCUT2D eigenvalue weighted by Gasteiger charge is 2.18. The van der Waals surface area contributed by atoms with Gasteiger partial charge in [-0.25, -0.2) is 0 Å². The van der Waals surface area contributed by atoms with Crippen LogP contribution < -0.4 is 0 Å². The van der Waals surface area contributed by atoms with Crippen LogP contribution in [0.25, 0.3) is 0 Å². The molecule has 0 bridgehead atoms. The van der Waals surface area contributed by atoms with Crippen molar-refractivity contribution in [2.24, 2.45) is 0 Å². The number of aryl methyl sites for hydroxylation is 1. The van der Waals surface area contributed by atoms with Crippen LogP contribution in [0.3, 0.4) is 0 Å². The van der Waals surface area contributed by atoms with Crippen LogP contribution in [0.1, 0.15) is 31.4 Å². The van der Waals surface area contributed by atoms with Gasteiger partial charge in [-0.05, 0) is 37.1 Å². The molecule has 0 saturated heterocycles. The summed E-state index contributed by atoms with van der Waals surface area (Å²) < 4.78 is 5.28. The molecule has 0 aliphatic carbocycles. The molecule has 1 atom stereocenters. The Morgan fingerprint density at radius 1 is 1.10 bits per heavy atom. The molecule has 112 valence electrons. The normalized spacial score (nSPS) is 12.2. The third-order valence-electron chi connectivity index (χ3n) is 3.27. The van der Waals surface area contributed by atoms with Crippen molar-refractivity contribution in [3.05, 3.63) is 54.5 Å². The molecule has 1 aromatic carbocycles. The molecule has 2 rings (SSSR count).